The lowest BCUT2D eigenvalue weighted by molar-refractivity contribution is -0.405. The van der Waals surface area contributed by atoms with Crippen LogP contribution in [-0.4, -0.2) is 297 Å². The molecule has 0 spiro atoms. The fourth-order valence-corrected chi connectivity index (χ4v) is 18.0. The van der Waals surface area contributed by atoms with E-state index in [1.165, 1.54) is 0 Å². The summed E-state index contributed by atoms with van der Waals surface area (Å²) in [5.74, 6) is -1.10. The molecule has 5 aliphatic carbocycles. The van der Waals surface area contributed by atoms with Crippen LogP contribution in [0, 0.1) is 50.2 Å². The highest BCUT2D eigenvalue weighted by Crippen LogP contribution is 2.76. The number of aliphatic hydroxyl groups is 18. The molecule has 89 heavy (non-hydrogen) atoms. The first-order chi connectivity index (χ1) is 41.9. The average molecular weight is 1280 g/mol. The molecule has 10 rings (SSSR count). The molecular weight excluding hydrogens is 1180 g/mol. The normalized spacial score (nSPS) is 54.2. The maximum atomic E-state index is 14.9. The average Bonchev–Trinajstić information content (AvgIpc) is 0.680. The first kappa shape index (κ1) is 69.9. The Morgan fingerprint density at radius 1 is 0.461 bits per heavy atom. The number of hydrogen-bond acceptors (Lipinski definition) is 29. The number of fused-ring (bicyclic) bond motifs is 7. The second-order valence-corrected chi connectivity index (χ2v) is 28.9. The molecule has 5 heterocycles. The molecule has 0 radical (unpaired) electrons. The van der Waals surface area contributed by atoms with Gasteiger partial charge in [0.2, 0.25) is 6.29 Å². The Bertz CT molecular complexity index is 2460. The lowest BCUT2D eigenvalue weighted by Crippen LogP contribution is -2.69. The molecule has 29 nitrogen and oxygen atoms in total. The fourth-order valence-electron chi connectivity index (χ4n) is 18.0. The molecule has 512 valence electrons. The second kappa shape index (κ2) is 26.3. The summed E-state index contributed by atoms with van der Waals surface area (Å²) in [5.41, 5.74) is -2.42. The predicted molar refractivity (Wildman–Crippen MR) is 297 cm³/mol. The van der Waals surface area contributed by atoms with E-state index in [1.54, 1.807) is 0 Å². The summed E-state index contributed by atoms with van der Waals surface area (Å²) >= 11 is 0. The smallest absolute Gasteiger partial charge is 0.315 e. The topological polar surface area (TPSA) is 474 Å². The highest BCUT2D eigenvalue weighted by molar-refractivity contribution is 5.79. The van der Waals surface area contributed by atoms with Crippen molar-refractivity contribution in [2.24, 2.45) is 50.2 Å². The van der Waals surface area contributed by atoms with Crippen LogP contribution in [0.2, 0.25) is 0 Å². The minimum atomic E-state index is -2.15. The molecule has 5 aliphatic heterocycles. The Kier molecular flexibility index (Phi) is 20.6. The van der Waals surface area contributed by atoms with Gasteiger partial charge >= 0.3 is 5.97 Å². The van der Waals surface area contributed by atoms with E-state index in [-0.39, 0.29) is 35.0 Å². The third-order valence-electron chi connectivity index (χ3n) is 23.7. The van der Waals surface area contributed by atoms with Crippen molar-refractivity contribution in [1.82, 2.24) is 0 Å². The number of hydrogen-bond donors (Lipinski definition) is 18. The summed E-state index contributed by atoms with van der Waals surface area (Å²) in [6.45, 7) is 8.43. The van der Waals surface area contributed by atoms with Crippen molar-refractivity contribution in [3.8, 4) is 0 Å². The molecule has 34 unspecified atom stereocenters. The summed E-state index contributed by atoms with van der Waals surface area (Å²) in [5, 5.41) is 195. The van der Waals surface area contributed by atoms with E-state index >= 15 is 0 Å². The van der Waals surface area contributed by atoms with E-state index in [0.717, 1.165) is 5.57 Å². The van der Waals surface area contributed by atoms with Crippen molar-refractivity contribution in [2.75, 3.05) is 39.6 Å². The molecule has 0 aromatic carbocycles. The van der Waals surface area contributed by atoms with Gasteiger partial charge in [-0.15, -0.1) is 0 Å². The molecule has 18 N–H and O–H groups in total. The largest absolute Gasteiger partial charge is 0.432 e. The Labute approximate surface area is 515 Å². The molecule has 0 aromatic rings. The van der Waals surface area contributed by atoms with Crippen LogP contribution in [0.1, 0.15) is 106 Å². The van der Waals surface area contributed by atoms with Crippen LogP contribution in [0.4, 0.5) is 0 Å². The number of rotatable bonds is 16. The third kappa shape index (κ3) is 11.7. The number of aliphatic hydroxyl groups excluding tert-OH is 18. The fraction of sp³-hybridized carbons (Fsp3) is 0.950. The number of esters is 1. The van der Waals surface area contributed by atoms with Gasteiger partial charge in [0.15, 0.2) is 25.2 Å². The number of carbonyl (C=O) groups excluding carboxylic acids is 1. The van der Waals surface area contributed by atoms with E-state index in [9.17, 15) is 96.7 Å². The van der Waals surface area contributed by atoms with Gasteiger partial charge in [0.25, 0.3) is 0 Å². The lowest BCUT2D eigenvalue weighted by Gasteiger charge is -2.71. The van der Waals surface area contributed by atoms with Crippen molar-refractivity contribution in [3.63, 3.8) is 0 Å². The Morgan fingerprint density at radius 2 is 0.910 bits per heavy atom. The highest BCUT2D eigenvalue weighted by atomic mass is 16.8. The van der Waals surface area contributed by atoms with Crippen LogP contribution in [0.25, 0.3) is 0 Å². The molecule has 29 heteroatoms. The monoisotopic (exact) mass is 1280 g/mol. The first-order valence-corrected chi connectivity index (χ1v) is 31.5. The van der Waals surface area contributed by atoms with E-state index < -0.39 is 227 Å². The molecule has 9 fully saturated rings. The van der Waals surface area contributed by atoms with Crippen molar-refractivity contribution in [3.05, 3.63) is 11.6 Å². The summed E-state index contributed by atoms with van der Waals surface area (Å²) in [7, 11) is 0. The van der Waals surface area contributed by atoms with Crippen molar-refractivity contribution in [2.45, 2.75) is 265 Å². The van der Waals surface area contributed by atoms with Crippen molar-refractivity contribution in [1.29, 1.82) is 0 Å². The van der Waals surface area contributed by atoms with Gasteiger partial charge in [0, 0.05) is 5.41 Å². The Hall–Kier alpha value is -1.87. The lowest BCUT2D eigenvalue weighted by atomic mass is 9.33. The van der Waals surface area contributed by atoms with Crippen LogP contribution in [0.5, 0.6) is 0 Å². The standard InChI is InChI=1S/C60H98O29/c1-55(2)13-15-60(54(79)89-51-44(77)41(74)36(69)28(20-63)82-51)16-14-58(5)24(25(60)17-55)7-8-32-56(3)11-10-33(57(4,23-66)31(56)9-12-59(32,58)6)85-53-48(88-50-43(76)40(73)35(68)27(19-62)81-50)47(38(71)30(22-65)84-53)87-52-45(78)46(37(70)29(21-64)83-52)86-49-42(75)39(72)34(67)26(18-61)80-49/h7,25-53,61-78H,8-23H2,1-6H3. The quantitative estimate of drug-likeness (QED) is 0.0390. The molecule has 0 aromatic heterocycles. The number of carbonyl (C=O) groups is 1. The number of ether oxygens (including phenoxy) is 10. The molecule has 10 aliphatic rings. The van der Waals surface area contributed by atoms with E-state index in [2.05, 4.69) is 40.7 Å². The number of allylic oxidation sites excluding steroid dienone is 2. The van der Waals surface area contributed by atoms with Gasteiger partial charge in [-0.2, -0.15) is 0 Å². The van der Waals surface area contributed by atoms with E-state index in [0.29, 0.717) is 57.8 Å². The first-order valence-electron chi connectivity index (χ1n) is 31.5. The molecule has 4 saturated carbocycles. The van der Waals surface area contributed by atoms with Crippen LogP contribution >= 0.6 is 0 Å². The Morgan fingerprint density at radius 3 is 1.44 bits per heavy atom. The van der Waals surface area contributed by atoms with Gasteiger partial charge in [-0.05, 0) is 104 Å². The van der Waals surface area contributed by atoms with Gasteiger partial charge in [-0.3, -0.25) is 4.79 Å². The maximum absolute atomic E-state index is 14.9. The van der Waals surface area contributed by atoms with E-state index in [1.807, 2.05) is 6.92 Å². The predicted octanol–water partition coefficient (Wildman–Crippen LogP) is -5.24. The molecule has 0 bridgehead atoms. The Balaban J connectivity index is 0.940. The van der Waals surface area contributed by atoms with Gasteiger partial charge in [-0.1, -0.05) is 53.2 Å². The minimum absolute atomic E-state index is 0.0103. The zero-order chi connectivity index (χ0) is 65.0. The van der Waals surface area contributed by atoms with Crippen molar-refractivity contribution >= 4 is 5.97 Å². The molecule has 0 amide bonds. The summed E-state index contributed by atoms with van der Waals surface area (Å²) in [4.78, 5) is 14.9. The highest BCUT2D eigenvalue weighted by Gasteiger charge is 2.71. The van der Waals surface area contributed by atoms with Gasteiger partial charge < -0.3 is 139 Å². The minimum Gasteiger partial charge on any atom is -0.432 e. The zero-order valence-electron chi connectivity index (χ0n) is 51.2. The molecule has 5 saturated heterocycles. The third-order valence-corrected chi connectivity index (χ3v) is 23.7. The molecular formula is C60H98O29. The maximum Gasteiger partial charge on any atom is 0.315 e. The van der Waals surface area contributed by atoms with Crippen molar-refractivity contribution < 1.29 is 144 Å². The summed E-state index contributed by atoms with van der Waals surface area (Å²) < 4.78 is 60.7. The second-order valence-electron chi connectivity index (χ2n) is 28.9. The van der Waals surface area contributed by atoms with Crippen LogP contribution in [-0.2, 0) is 52.2 Å². The van der Waals surface area contributed by atoms with E-state index in [4.69, 9.17) is 47.4 Å². The molecule has 34 atom stereocenters. The van der Waals surface area contributed by atoms with Gasteiger partial charge in [0.05, 0.1) is 51.2 Å². The van der Waals surface area contributed by atoms with Crippen LogP contribution in [0.3, 0.4) is 0 Å². The SMILES string of the molecule is CC1(C)CCC2(C(=O)OC3OC(CO)C(O)C(O)C3O)CCC3(C)C(=CCC4C5(C)CCC(OC6OC(CO)C(O)C(OC7OC(CO)C(O)C(OC8OC(CO)C(O)C(O)C8O)C7O)C6OC6OC(CO)C(O)C(O)C6O)C(C)(CO)C5CCC43C)C2C1. The van der Waals surface area contributed by atoms with Gasteiger partial charge in [0.1, 0.15) is 122 Å². The summed E-state index contributed by atoms with van der Waals surface area (Å²) in [6, 6.07) is 0. The summed E-state index contributed by atoms with van der Waals surface area (Å²) in [6.07, 6.45) is -38.4. The van der Waals surface area contributed by atoms with Crippen LogP contribution < -0.4 is 0 Å². The zero-order valence-corrected chi connectivity index (χ0v) is 51.2. The van der Waals surface area contributed by atoms with Gasteiger partial charge in [-0.25, -0.2) is 0 Å². The van der Waals surface area contributed by atoms with Crippen LogP contribution in [0.15, 0.2) is 11.6 Å².